The summed E-state index contributed by atoms with van der Waals surface area (Å²) in [6.45, 7) is 4.80. The lowest BCUT2D eigenvalue weighted by molar-refractivity contribution is 0.290. The van der Waals surface area contributed by atoms with E-state index in [-0.39, 0.29) is 0 Å². The molecule has 2 saturated carbocycles. The van der Waals surface area contributed by atoms with Gasteiger partial charge in [0.25, 0.3) is 0 Å². The molecule has 2 nitrogen and oxygen atoms in total. The first-order chi connectivity index (χ1) is 8.20. The first-order valence-electron chi connectivity index (χ1n) is 7.66. The molecule has 2 unspecified atom stereocenters. The van der Waals surface area contributed by atoms with E-state index >= 15 is 0 Å². The molecule has 0 aromatic heterocycles. The first kappa shape index (κ1) is 13.4. The van der Waals surface area contributed by atoms with Gasteiger partial charge in [0.1, 0.15) is 0 Å². The van der Waals surface area contributed by atoms with E-state index in [1.807, 2.05) is 0 Å². The lowest BCUT2D eigenvalue weighted by Crippen LogP contribution is -2.39. The van der Waals surface area contributed by atoms with Gasteiger partial charge in [-0.25, -0.2) is 0 Å². The largest absolute Gasteiger partial charge is 0.327 e. The highest BCUT2D eigenvalue weighted by Gasteiger charge is 2.28. The van der Waals surface area contributed by atoms with Crippen LogP contribution >= 0.6 is 0 Å². The van der Waals surface area contributed by atoms with Crippen LogP contribution in [-0.4, -0.2) is 19.1 Å². The molecule has 0 spiro atoms. The molecule has 0 aromatic carbocycles. The maximum absolute atomic E-state index is 6.27. The SMILES string of the molecule is CC1(CNCC2CCCCCC2N)CCCC1. The third kappa shape index (κ3) is 3.96. The van der Waals surface area contributed by atoms with Crippen molar-refractivity contribution < 1.29 is 0 Å². The molecule has 0 radical (unpaired) electrons. The minimum atomic E-state index is 0.446. The zero-order valence-corrected chi connectivity index (χ0v) is 11.5. The third-order valence-corrected chi connectivity index (χ3v) is 4.99. The number of hydrogen-bond donors (Lipinski definition) is 2. The highest BCUT2D eigenvalue weighted by atomic mass is 14.9. The predicted octanol–water partition coefficient (Wildman–Crippen LogP) is 3.06. The molecule has 3 N–H and O–H groups in total. The maximum atomic E-state index is 6.27. The lowest BCUT2D eigenvalue weighted by atomic mass is 9.88. The van der Waals surface area contributed by atoms with E-state index in [0.29, 0.717) is 11.5 Å². The lowest BCUT2D eigenvalue weighted by Gasteiger charge is -2.27. The minimum absolute atomic E-state index is 0.446. The van der Waals surface area contributed by atoms with Crippen LogP contribution in [0.1, 0.15) is 64.7 Å². The molecular formula is C15H30N2. The summed E-state index contributed by atoms with van der Waals surface area (Å²) in [5, 5.41) is 3.72. The maximum Gasteiger partial charge on any atom is 0.00792 e. The summed E-state index contributed by atoms with van der Waals surface area (Å²) in [5.74, 6) is 0.725. The van der Waals surface area contributed by atoms with Crippen molar-refractivity contribution in [3.63, 3.8) is 0 Å². The Labute approximate surface area is 107 Å². The van der Waals surface area contributed by atoms with Gasteiger partial charge < -0.3 is 11.1 Å². The van der Waals surface area contributed by atoms with Crippen molar-refractivity contribution in [1.82, 2.24) is 5.32 Å². The Hall–Kier alpha value is -0.0800. The summed E-state index contributed by atoms with van der Waals surface area (Å²) in [7, 11) is 0. The Morgan fingerprint density at radius 2 is 1.76 bits per heavy atom. The first-order valence-corrected chi connectivity index (χ1v) is 7.66. The summed E-state index contributed by atoms with van der Waals surface area (Å²) in [6, 6.07) is 0.446. The topological polar surface area (TPSA) is 38.0 Å². The van der Waals surface area contributed by atoms with Crippen LogP contribution in [0.2, 0.25) is 0 Å². The van der Waals surface area contributed by atoms with Crippen LogP contribution in [0.5, 0.6) is 0 Å². The van der Waals surface area contributed by atoms with Gasteiger partial charge in [0, 0.05) is 12.6 Å². The van der Waals surface area contributed by atoms with Crippen molar-refractivity contribution >= 4 is 0 Å². The van der Waals surface area contributed by atoms with Crippen molar-refractivity contribution in [2.24, 2.45) is 17.1 Å². The highest BCUT2D eigenvalue weighted by molar-refractivity contribution is 4.84. The van der Waals surface area contributed by atoms with E-state index < -0.39 is 0 Å². The van der Waals surface area contributed by atoms with Crippen LogP contribution in [0.4, 0.5) is 0 Å². The quantitative estimate of drug-likeness (QED) is 0.739. The van der Waals surface area contributed by atoms with Crippen molar-refractivity contribution in [1.29, 1.82) is 0 Å². The highest BCUT2D eigenvalue weighted by Crippen LogP contribution is 2.36. The zero-order valence-electron chi connectivity index (χ0n) is 11.5. The van der Waals surface area contributed by atoms with Crippen molar-refractivity contribution in [3.05, 3.63) is 0 Å². The van der Waals surface area contributed by atoms with E-state index in [9.17, 15) is 0 Å². The second-order valence-corrected chi connectivity index (χ2v) is 6.71. The predicted molar refractivity (Wildman–Crippen MR) is 74.0 cm³/mol. The normalized spacial score (nSPS) is 33.5. The van der Waals surface area contributed by atoms with Crippen molar-refractivity contribution in [2.75, 3.05) is 13.1 Å². The van der Waals surface area contributed by atoms with Crippen LogP contribution in [0.25, 0.3) is 0 Å². The summed E-state index contributed by atoms with van der Waals surface area (Å²) >= 11 is 0. The van der Waals surface area contributed by atoms with Gasteiger partial charge in [0.05, 0.1) is 0 Å². The fraction of sp³-hybridized carbons (Fsp3) is 1.00. The molecule has 100 valence electrons. The van der Waals surface area contributed by atoms with Gasteiger partial charge in [-0.15, -0.1) is 0 Å². The summed E-state index contributed by atoms with van der Waals surface area (Å²) in [6.07, 6.45) is 12.4. The van der Waals surface area contributed by atoms with Gasteiger partial charge in [-0.1, -0.05) is 39.0 Å². The van der Waals surface area contributed by atoms with Gasteiger partial charge >= 0.3 is 0 Å². The van der Waals surface area contributed by atoms with Gasteiger partial charge in [0.2, 0.25) is 0 Å². The van der Waals surface area contributed by atoms with Crippen LogP contribution in [0.15, 0.2) is 0 Å². The van der Waals surface area contributed by atoms with Gasteiger partial charge in [-0.05, 0) is 43.6 Å². The Morgan fingerprint density at radius 1 is 1.06 bits per heavy atom. The van der Waals surface area contributed by atoms with E-state index in [0.717, 1.165) is 12.5 Å². The van der Waals surface area contributed by atoms with E-state index in [4.69, 9.17) is 5.73 Å². The molecule has 2 fully saturated rings. The standard InChI is InChI=1S/C15H30N2/c1-15(9-5-6-10-15)12-17-11-13-7-3-2-4-8-14(13)16/h13-14,17H,2-12,16H2,1H3. The van der Waals surface area contributed by atoms with Gasteiger partial charge in [-0.2, -0.15) is 0 Å². The van der Waals surface area contributed by atoms with E-state index in [2.05, 4.69) is 12.2 Å². The number of nitrogens with one attached hydrogen (secondary N) is 1. The Bertz CT molecular complexity index is 221. The van der Waals surface area contributed by atoms with Crippen molar-refractivity contribution in [2.45, 2.75) is 70.8 Å². The fourth-order valence-electron chi connectivity index (χ4n) is 3.63. The molecule has 0 saturated heterocycles. The molecule has 2 rings (SSSR count). The average molecular weight is 238 g/mol. The molecular weight excluding hydrogens is 208 g/mol. The fourth-order valence-corrected chi connectivity index (χ4v) is 3.63. The molecule has 0 amide bonds. The molecule has 2 aliphatic carbocycles. The van der Waals surface area contributed by atoms with Crippen LogP contribution in [-0.2, 0) is 0 Å². The second kappa shape index (κ2) is 6.19. The van der Waals surface area contributed by atoms with E-state index in [1.165, 1.54) is 64.3 Å². The van der Waals surface area contributed by atoms with Crippen LogP contribution in [0, 0.1) is 11.3 Å². The Morgan fingerprint density at radius 3 is 2.53 bits per heavy atom. The number of rotatable bonds is 4. The number of nitrogens with two attached hydrogens (primary N) is 1. The summed E-state index contributed by atoms with van der Waals surface area (Å²) < 4.78 is 0. The molecule has 0 heterocycles. The molecule has 0 aliphatic heterocycles. The van der Waals surface area contributed by atoms with Gasteiger partial charge in [-0.3, -0.25) is 0 Å². The summed E-state index contributed by atoms with van der Waals surface area (Å²) in [5.41, 5.74) is 6.84. The van der Waals surface area contributed by atoms with Crippen molar-refractivity contribution in [3.8, 4) is 0 Å². The minimum Gasteiger partial charge on any atom is -0.327 e. The molecule has 0 aromatic rings. The molecule has 2 atom stereocenters. The smallest absolute Gasteiger partial charge is 0.00792 e. The molecule has 17 heavy (non-hydrogen) atoms. The zero-order chi connectivity index (χ0) is 12.1. The number of hydrogen-bond acceptors (Lipinski definition) is 2. The Balaban J connectivity index is 1.69. The second-order valence-electron chi connectivity index (χ2n) is 6.71. The third-order valence-electron chi connectivity index (χ3n) is 4.99. The van der Waals surface area contributed by atoms with Gasteiger partial charge in [0.15, 0.2) is 0 Å². The molecule has 2 aliphatic rings. The van der Waals surface area contributed by atoms with E-state index in [1.54, 1.807) is 0 Å². The van der Waals surface area contributed by atoms with Crippen LogP contribution in [0.3, 0.4) is 0 Å². The molecule has 0 bridgehead atoms. The molecule has 2 heteroatoms. The van der Waals surface area contributed by atoms with Crippen LogP contribution < -0.4 is 11.1 Å². The summed E-state index contributed by atoms with van der Waals surface area (Å²) in [4.78, 5) is 0. The average Bonchev–Trinajstić information content (AvgIpc) is 2.63. The Kier molecular flexibility index (Phi) is 4.87. The monoisotopic (exact) mass is 238 g/mol.